The van der Waals surface area contributed by atoms with Gasteiger partial charge in [0.05, 0.1) is 0 Å². The monoisotopic (exact) mass is 408 g/mol. The molecule has 4 rings (SSSR count). The van der Waals surface area contributed by atoms with Gasteiger partial charge in [-0.1, -0.05) is 28.1 Å². The fourth-order valence-electron chi connectivity index (χ4n) is 3.60. The van der Waals surface area contributed by atoms with Crippen LogP contribution in [0.5, 0.6) is 0 Å². The molecule has 1 aromatic heterocycles. The zero-order valence-corrected chi connectivity index (χ0v) is 16.2. The topological polar surface area (TPSA) is 34.0 Å². The van der Waals surface area contributed by atoms with Gasteiger partial charge >= 0.3 is 0 Å². The van der Waals surface area contributed by atoms with E-state index in [1.807, 2.05) is 53.4 Å². The van der Waals surface area contributed by atoms with Gasteiger partial charge in [-0.05, 0) is 73.9 Å². The molecule has 3 aromatic rings. The first-order valence-electron chi connectivity index (χ1n) is 8.89. The Morgan fingerprint density at radius 1 is 1.04 bits per heavy atom. The number of halogens is 1. The van der Waals surface area contributed by atoms with Crippen molar-refractivity contribution in [2.24, 2.45) is 0 Å². The maximum Gasteiger partial charge on any atom is 0.251 e. The van der Waals surface area contributed by atoms with Crippen LogP contribution in [-0.4, -0.2) is 16.5 Å². The third kappa shape index (κ3) is 3.21. The number of hydrogen-bond acceptors (Lipinski definition) is 1. The number of nitrogens with one attached hydrogen (secondary N) is 1. The Bertz CT molecular complexity index is 894. The van der Waals surface area contributed by atoms with Crippen molar-refractivity contribution in [1.82, 2.24) is 9.88 Å². The normalized spacial score (nSPS) is 16.1. The Balaban J connectivity index is 1.47. The summed E-state index contributed by atoms with van der Waals surface area (Å²) in [6.45, 7) is 2.11. The van der Waals surface area contributed by atoms with Crippen LogP contribution in [0.25, 0.3) is 5.69 Å². The largest absolute Gasteiger partial charge is 0.349 e. The highest BCUT2D eigenvalue weighted by molar-refractivity contribution is 9.10. The van der Waals surface area contributed by atoms with E-state index in [1.165, 1.54) is 5.56 Å². The Morgan fingerprint density at radius 3 is 2.23 bits per heavy atom. The molecule has 0 spiro atoms. The molecular weight excluding hydrogens is 388 g/mol. The highest BCUT2D eigenvalue weighted by Crippen LogP contribution is 2.51. The summed E-state index contributed by atoms with van der Waals surface area (Å²) in [4.78, 5) is 12.7. The van der Waals surface area contributed by atoms with Crippen molar-refractivity contribution in [3.63, 3.8) is 0 Å². The van der Waals surface area contributed by atoms with Gasteiger partial charge in [0.15, 0.2) is 0 Å². The molecule has 26 heavy (non-hydrogen) atoms. The first-order valence-corrected chi connectivity index (χ1v) is 9.68. The quantitative estimate of drug-likeness (QED) is 0.626. The molecule has 132 valence electrons. The minimum absolute atomic E-state index is 0.0139. The van der Waals surface area contributed by atoms with E-state index in [4.69, 9.17) is 0 Å². The van der Waals surface area contributed by atoms with Crippen molar-refractivity contribution in [1.29, 1.82) is 0 Å². The number of carbonyl (C=O) groups excluding carboxylic acids is 1. The number of carbonyl (C=O) groups is 1. The van der Waals surface area contributed by atoms with Gasteiger partial charge in [0.1, 0.15) is 0 Å². The van der Waals surface area contributed by atoms with Crippen molar-refractivity contribution < 1.29 is 4.79 Å². The van der Waals surface area contributed by atoms with Gasteiger partial charge < -0.3 is 9.88 Å². The zero-order valence-electron chi connectivity index (χ0n) is 14.7. The molecule has 1 aliphatic carbocycles. The molecule has 4 heteroatoms. The van der Waals surface area contributed by atoms with Gasteiger partial charge in [-0.25, -0.2) is 0 Å². The molecule has 1 aliphatic rings. The first-order chi connectivity index (χ1) is 12.6. The number of rotatable bonds is 5. The van der Waals surface area contributed by atoms with Gasteiger partial charge in [0, 0.05) is 39.6 Å². The summed E-state index contributed by atoms with van der Waals surface area (Å²) in [5.41, 5.74) is 3.12. The maximum atomic E-state index is 12.7. The molecule has 1 amide bonds. The molecular formula is C22H21BrN2O. The summed E-state index contributed by atoms with van der Waals surface area (Å²) in [5, 5.41) is 3.21. The van der Waals surface area contributed by atoms with E-state index < -0.39 is 0 Å². The molecule has 0 bridgehead atoms. The van der Waals surface area contributed by atoms with E-state index in [0.29, 0.717) is 5.56 Å². The maximum absolute atomic E-state index is 12.7. The van der Waals surface area contributed by atoms with Gasteiger partial charge in [-0.3, -0.25) is 4.79 Å². The number of amides is 1. The smallest absolute Gasteiger partial charge is 0.251 e. The summed E-state index contributed by atoms with van der Waals surface area (Å²) < 4.78 is 3.10. The van der Waals surface area contributed by atoms with E-state index in [0.717, 1.165) is 23.0 Å². The van der Waals surface area contributed by atoms with E-state index in [2.05, 4.69) is 52.4 Å². The predicted molar refractivity (Wildman–Crippen MR) is 108 cm³/mol. The van der Waals surface area contributed by atoms with Gasteiger partial charge in [-0.2, -0.15) is 0 Å². The number of nitrogens with zero attached hydrogens (tertiary/aromatic N) is 1. The highest BCUT2D eigenvalue weighted by atomic mass is 79.9. The Morgan fingerprint density at radius 2 is 1.65 bits per heavy atom. The molecule has 1 saturated carbocycles. The predicted octanol–water partition coefficient (Wildman–Crippen LogP) is 5.09. The van der Waals surface area contributed by atoms with Crippen LogP contribution >= 0.6 is 15.9 Å². The fourth-order valence-corrected chi connectivity index (χ4v) is 3.86. The zero-order chi connectivity index (χ0) is 18.1. The van der Waals surface area contributed by atoms with E-state index >= 15 is 0 Å². The van der Waals surface area contributed by atoms with E-state index in [9.17, 15) is 4.79 Å². The van der Waals surface area contributed by atoms with Crippen LogP contribution in [0, 0.1) is 0 Å². The van der Waals surface area contributed by atoms with Crippen LogP contribution in [0.2, 0.25) is 0 Å². The number of aromatic nitrogens is 1. The van der Waals surface area contributed by atoms with Crippen molar-refractivity contribution in [2.45, 2.75) is 31.2 Å². The van der Waals surface area contributed by atoms with Crippen molar-refractivity contribution in [2.75, 3.05) is 0 Å². The molecule has 1 atom stereocenters. The minimum Gasteiger partial charge on any atom is -0.349 e. The number of benzene rings is 2. The summed E-state index contributed by atoms with van der Waals surface area (Å²) in [6, 6.07) is 20.2. The lowest BCUT2D eigenvalue weighted by Gasteiger charge is -2.25. The third-order valence-corrected chi connectivity index (χ3v) is 5.95. The van der Waals surface area contributed by atoms with Gasteiger partial charge in [0.2, 0.25) is 0 Å². The molecule has 0 saturated heterocycles. The first kappa shape index (κ1) is 17.1. The molecule has 1 unspecified atom stereocenters. The van der Waals surface area contributed by atoms with Crippen LogP contribution < -0.4 is 5.32 Å². The fraction of sp³-hybridized carbons (Fsp3) is 0.227. The second kappa shape index (κ2) is 6.76. The van der Waals surface area contributed by atoms with Gasteiger partial charge in [0.25, 0.3) is 5.91 Å². The molecule has 1 N–H and O–H groups in total. The lowest BCUT2D eigenvalue weighted by atomic mass is 9.89. The van der Waals surface area contributed by atoms with E-state index in [-0.39, 0.29) is 17.4 Å². The molecule has 0 aliphatic heterocycles. The lowest BCUT2D eigenvalue weighted by Crippen LogP contribution is -2.41. The van der Waals surface area contributed by atoms with Crippen molar-refractivity contribution in [3.8, 4) is 5.69 Å². The van der Waals surface area contributed by atoms with Crippen LogP contribution in [0.3, 0.4) is 0 Å². The van der Waals surface area contributed by atoms with Crippen LogP contribution in [0.4, 0.5) is 0 Å². The van der Waals surface area contributed by atoms with Crippen molar-refractivity contribution >= 4 is 21.8 Å². The van der Waals surface area contributed by atoms with E-state index in [1.54, 1.807) is 0 Å². The van der Waals surface area contributed by atoms with Crippen molar-refractivity contribution in [3.05, 3.63) is 88.7 Å². The van der Waals surface area contributed by atoms with Gasteiger partial charge in [-0.15, -0.1) is 0 Å². The Hall–Kier alpha value is -2.33. The summed E-state index contributed by atoms with van der Waals surface area (Å²) in [5.74, 6) is -0.0139. The van der Waals surface area contributed by atoms with Crippen LogP contribution in [-0.2, 0) is 5.41 Å². The molecule has 2 aromatic carbocycles. The minimum atomic E-state index is -0.0139. The second-order valence-corrected chi connectivity index (χ2v) is 7.91. The molecule has 1 fully saturated rings. The molecule has 0 radical (unpaired) electrons. The standard InChI is InChI=1S/C22H21BrN2O/c1-16(22(12-13-22)18-6-8-19(23)9-7-18)24-21(26)17-4-10-20(11-5-17)25-14-2-3-15-25/h2-11,14-16H,12-13H2,1H3,(H,24,26). The summed E-state index contributed by atoms with van der Waals surface area (Å²) in [7, 11) is 0. The summed E-state index contributed by atoms with van der Waals surface area (Å²) >= 11 is 3.49. The average molecular weight is 409 g/mol. The Kier molecular flexibility index (Phi) is 4.45. The third-order valence-electron chi connectivity index (χ3n) is 5.42. The number of hydrogen-bond donors (Lipinski definition) is 1. The summed E-state index contributed by atoms with van der Waals surface area (Å²) in [6.07, 6.45) is 6.21. The molecule has 1 heterocycles. The Labute approximate surface area is 162 Å². The van der Waals surface area contributed by atoms with Crippen LogP contribution in [0.1, 0.15) is 35.7 Å². The SMILES string of the molecule is CC(NC(=O)c1ccc(-n2cccc2)cc1)C1(c2ccc(Br)cc2)CC1. The average Bonchev–Trinajstić information content (AvgIpc) is 3.29. The van der Waals surface area contributed by atoms with Crippen LogP contribution in [0.15, 0.2) is 77.5 Å². The highest BCUT2D eigenvalue weighted by Gasteiger charge is 2.49. The molecule has 3 nitrogen and oxygen atoms in total. The lowest BCUT2D eigenvalue weighted by molar-refractivity contribution is 0.0932. The second-order valence-electron chi connectivity index (χ2n) is 7.00.